The normalized spacial score (nSPS) is 10.7. The van der Waals surface area contributed by atoms with Crippen molar-refractivity contribution in [3.63, 3.8) is 0 Å². The summed E-state index contributed by atoms with van der Waals surface area (Å²) >= 11 is 0. The fourth-order valence-corrected chi connectivity index (χ4v) is 2.44. The molecule has 152 valence electrons. The molecule has 0 spiro atoms. The monoisotopic (exact) mass is 407 g/mol. The smallest absolute Gasteiger partial charge is 0.225 e. The predicted molar refractivity (Wildman–Crippen MR) is 101 cm³/mol. The van der Waals surface area contributed by atoms with E-state index in [1.54, 1.807) is 12.1 Å². The van der Waals surface area contributed by atoms with Crippen LogP contribution in [0.25, 0.3) is 11.3 Å². The highest BCUT2D eigenvalue weighted by atomic mass is 19.2. The average molecular weight is 407 g/mol. The molecule has 0 unspecified atom stereocenters. The maximum atomic E-state index is 13.8. The van der Waals surface area contributed by atoms with E-state index in [4.69, 9.17) is 5.11 Å². The first-order valence-corrected chi connectivity index (χ1v) is 8.64. The van der Waals surface area contributed by atoms with Crippen LogP contribution in [-0.2, 0) is 0 Å². The molecule has 0 saturated heterocycles. The van der Waals surface area contributed by atoms with Gasteiger partial charge in [0.25, 0.3) is 0 Å². The summed E-state index contributed by atoms with van der Waals surface area (Å²) in [4.78, 5) is 8.49. The van der Waals surface area contributed by atoms with Gasteiger partial charge in [-0.05, 0) is 6.42 Å². The molecular formula is C19H17F4N5O. The van der Waals surface area contributed by atoms with Crippen LogP contribution in [0.3, 0.4) is 0 Å². The van der Waals surface area contributed by atoms with Gasteiger partial charge in [-0.2, -0.15) is 4.98 Å². The molecule has 3 rings (SSSR count). The summed E-state index contributed by atoms with van der Waals surface area (Å²) in [5.41, 5.74) is 4.77. The van der Waals surface area contributed by atoms with Gasteiger partial charge in [0.2, 0.25) is 5.95 Å². The van der Waals surface area contributed by atoms with E-state index in [0.29, 0.717) is 18.7 Å². The molecule has 0 radical (unpaired) electrons. The van der Waals surface area contributed by atoms with Crippen molar-refractivity contribution >= 4 is 17.5 Å². The van der Waals surface area contributed by atoms with E-state index in [2.05, 4.69) is 26.1 Å². The van der Waals surface area contributed by atoms with Crippen LogP contribution in [0.1, 0.15) is 6.42 Å². The maximum absolute atomic E-state index is 13.8. The van der Waals surface area contributed by atoms with Crippen LogP contribution in [-0.4, -0.2) is 28.2 Å². The second kappa shape index (κ2) is 9.20. The van der Waals surface area contributed by atoms with Gasteiger partial charge in [0.15, 0.2) is 29.1 Å². The standard InChI is InChI=1S/C19H17F4N5O/c20-12-9-13(21)17(23)18(16(12)22)28-27-15-10-14(11-5-2-1-3-6-11)25-19(26-15)24-7-4-8-29/h1-3,5-6,9-10,28-29H,4,7-8H2,(H2,24,25,26,27). The molecule has 10 heteroatoms. The summed E-state index contributed by atoms with van der Waals surface area (Å²) in [6.45, 7) is 0.363. The lowest BCUT2D eigenvalue weighted by atomic mass is 10.1. The second-order valence-electron chi connectivity index (χ2n) is 5.93. The molecule has 0 aliphatic heterocycles. The van der Waals surface area contributed by atoms with Gasteiger partial charge in [-0.1, -0.05) is 30.3 Å². The number of anilines is 3. The lowest BCUT2D eigenvalue weighted by Gasteiger charge is -2.14. The minimum atomic E-state index is -1.57. The van der Waals surface area contributed by atoms with E-state index in [1.165, 1.54) is 6.07 Å². The Morgan fingerprint density at radius 3 is 2.21 bits per heavy atom. The van der Waals surface area contributed by atoms with E-state index in [-0.39, 0.29) is 24.4 Å². The van der Waals surface area contributed by atoms with Gasteiger partial charge in [-0.25, -0.2) is 22.5 Å². The number of aromatic nitrogens is 2. The summed E-state index contributed by atoms with van der Waals surface area (Å²) in [5.74, 6) is -5.94. The van der Waals surface area contributed by atoms with Gasteiger partial charge >= 0.3 is 0 Å². The molecule has 0 atom stereocenters. The molecule has 1 heterocycles. The van der Waals surface area contributed by atoms with Crippen molar-refractivity contribution < 1.29 is 22.7 Å². The van der Waals surface area contributed by atoms with Crippen LogP contribution in [0.5, 0.6) is 0 Å². The molecule has 0 bridgehead atoms. The first-order chi connectivity index (χ1) is 14.0. The Labute approximate surface area is 163 Å². The van der Waals surface area contributed by atoms with Crippen LogP contribution in [0.15, 0.2) is 42.5 Å². The highest BCUT2D eigenvalue weighted by Crippen LogP contribution is 2.25. The molecule has 1 aromatic heterocycles. The molecular weight excluding hydrogens is 390 g/mol. The Morgan fingerprint density at radius 1 is 0.862 bits per heavy atom. The molecule has 4 N–H and O–H groups in total. The van der Waals surface area contributed by atoms with Crippen LogP contribution < -0.4 is 16.2 Å². The van der Waals surface area contributed by atoms with Gasteiger partial charge in [0.05, 0.1) is 5.69 Å². The van der Waals surface area contributed by atoms with E-state index in [1.807, 2.05) is 18.2 Å². The molecule has 29 heavy (non-hydrogen) atoms. The lowest BCUT2D eigenvalue weighted by molar-refractivity contribution is 0.292. The highest BCUT2D eigenvalue weighted by Gasteiger charge is 2.19. The van der Waals surface area contributed by atoms with Crippen LogP contribution in [0.4, 0.5) is 35.0 Å². The van der Waals surface area contributed by atoms with E-state index in [9.17, 15) is 17.6 Å². The van der Waals surface area contributed by atoms with E-state index < -0.39 is 29.0 Å². The first-order valence-electron chi connectivity index (χ1n) is 8.64. The van der Waals surface area contributed by atoms with Crippen molar-refractivity contribution in [1.82, 2.24) is 9.97 Å². The molecule has 6 nitrogen and oxygen atoms in total. The van der Waals surface area contributed by atoms with E-state index in [0.717, 1.165) is 5.56 Å². The molecule has 0 aliphatic rings. The number of hydrogen-bond donors (Lipinski definition) is 4. The number of hydrazine groups is 1. The topological polar surface area (TPSA) is 82.1 Å². The molecule has 3 aromatic rings. The Balaban J connectivity index is 1.89. The zero-order chi connectivity index (χ0) is 20.8. The van der Waals surface area contributed by atoms with Crippen molar-refractivity contribution in [1.29, 1.82) is 0 Å². The van der Waals surface area contributed by atoms with Crippen LogP contribution >= 0.6 is 0 Å². The summed E-state index contributed by atoms with van der Waals surface area (Å²) < 4.78 is 54.4. The summed E-state index contributed by atoms with van der Waals surface area (Å²) in [6.07, 6.45) is 0.457. The Hall–Kier alpha value is -3.40. The summed E-state index contributed by atoms with van der Waals surface area (Å²) in [5, 5.41) is 11.8. The van der Waals surface area contributed by atoms with Crippen molar-refractivity contribution in [2.24, 2.45) is 0 Å². The number of aliphatic hydroxyl groups excluding tert-OH is 1. The van der Waals surface area contributed by atoms with Crippen LogP contribution in [0, 0.1) is 23.3 Å². The Bertz CT molecular complexity index is 962. The van der Waals surface area contributed by atoms with Gasteiger partial charge < -0.3 is 10.4 Å². The van der Waals surface area contributed by atoms with Crippen molar-refractivity contribution in [3.05, 3.63) is 65.7 Å². The number of rotatable bonds is 8. The predicted octanol–water partition coefficient (Wildman–Crippen LogP) is 3.93. The van der Waals surface area contributed by atoms with Crippen molar-refractivity contribution in [2.45, 2.75) is 6.42 Å². The highest BCUT2D eigenvalue weighted by molar-refractivity contribution is 5.65. The number of benzene rings is 2. The third kappa shape index (κ3) is 4.91. The van der Waals surface area contributed by atoms with Gasteiger partial charge in [0.1, 0.15) is 5.69 Å². The second-order valence-corrected chi connectivity index (χ2v) is 5.93. The molecule has 0 saturated carbocycles. The fourth-order valence-electron chi connectivity index (χ4n) is 2.44. The fraction of sp³-hybridized carbons (Fsp3) is 0.158. The average Bonchev–Trinajstić information content (AvgIpc) is 2.73. The largest absolute Gasteiger partial charge is 0.396 e. The van der Waals surface area contributed by atoms with E-state index >= 15 is 0 Å². The van der Waals surface area contributed by atoms with Crippen LogP contribution in [0.2, 0.25) is 0 Å². The first kappa shape index (κ1) is 20.3. The number of halogens is 4. The van der Waals surface area contributed by atoms with Crippen molar-refractivity contribution in [2.75, 3.05) is 29.3 Å². The molecule has 0 fully saturated rings. The molecule has 0 aliphatic carbocycles. The zero-order valence-electron chi connectivity index (χ0n) is 15.0. The Morgan fingerprint density at radius 2 is 1.55 bits per heavy atom. The number of aliphatic hydroxyl groups is 1. The number of nitrogens with zero attached hydrogens (tertiary/aromatic N) is 2. The van der Waals surface area contributed by atoms with Gasteiger partial charge in [-0.3, -0.25) is 10.9 Å². The Kier molecular flexibility index (Phi) is 6.45. The summed E-state index contributed by atoms with van der Waals surface area (Å²) in [7, 11) is 0. The number of nitrogens with one attached hydrogen (secondary N) is 3. The minimum absolute atomic E-state index is 0.0261. The lowest BCUT2D eigenvalue weighted by Crippen LogP contribution is -2.16. The quantitative estimate of drug-likeness (QED) is 0.196. The zero-order valence-corrected chi connectivity index (χ0v) is 15.0. The minimum Gasteiger partial charge on any atom is -0.396 e. The summed E-state index contributed by atoms with van der Waals surface area (Å²) in [6, 6.07) is 10.7. The van der Waals surface area contributed by atoms with Crippen molar-refractivity contribution in [3.8, 4) is 11.3 Å². The van der Waals surface area contributed by atoms with Gasteiger partial charge in [0, 0.05) is 30.8 Å². The maximum Gasteiger partial charge on any atom is 0.225 e. The third-order valence-electron chi connectivity index (χ3n) is 3.84. The molecule has 0 amide bonds. The molecule has 2 aromatic carbocycles. The SMILES string of the molecule is OCCCNc1nc(NNc2c(F)c(F)cc(F)c2F)cc(-c2ccccc2)n1. The van der Waals surface area contributed by atoms with Gasteiger partial charge in [-0.15, -0.1) is 0 Å². The third-order valence-corrected chi connectivity index (χ3v) is 3.84. The number of hydrogen-bond acceptors (Lipinski definition) is 6.